The minimum atomic E-state index is -0.448. The molecule has 0 aliphatic rings. The molecule has 16 heavy (non-hydrogen) atoms. The molecule has 0 saturated carbocycles. The molecule has 0 atom stereocenters. The van der Waals surface area contributed by atoms with Crippen LogP contribution in [0.2, 0.25) is 0 Å². The first-order valence-electron chi connectivity index (χ1n) is 5.19. The first kappa shape index (κ1) is 12.9. The van der Waals surface area contributed by atoms with Crippen LogP contribution in [0.1, 0.15) is 24.2 Å². The fourth-order valence-electron chi connectivity index (χ4n) is 1.38. The number of rotatable bonds is 4. The Morgan fingerprint density at radius 1 is 1.12 bits per heavy atom. The molecule has 86 valence electrons. The van der Waals surface area contributed by atoms with Gasteiger partial charge in [-0.2, -0.15) is 0 Å². The molecule has 4 heteroatoms. The Hall–Kier alpha value is -1.16. The third-order valence-corrected chi connectivity index (χ3v) is 2.88. The maximum atomic E-state index is 11.8. The van der Waals surface area contributed by atoms with E-state index in [1.165, 1.54) is 4.90 Å². The number of ketones is 1. The number of Topliss-reactive ketones (excluding diaryl/α,β-unsaturated/α-hetero) is 1. The van der Waals surface area contributed by atoms with Crippen molar-refractivity contribution < 1.29 is 9.59 Å². The Bertz CT molecular complexity index is 383. The van der Waals surface area contributed by atoms with Crippen LogP contribution in [0.4, 0.5) is 0 Å². The highest BCUT2D eigenvalue weighted by Gasteiger charge is 2.20. The summed E-state index contributed by atoms with van der Waals surface area (Å²) in [4.78, 5) is 25.1. The van der Waals surface area contributed by atoms with E-state index in [0.717, 1.165) is 4.47 Å². The van der Waals surface area contributed by atoms with Crippen LogP contribution < -0.4 is 0 Å². The van der Waals surface area contributed by atoms with E-state index in [1.54, 1.807) is 24.3 Å². The van der Waals surface area contributed by atoms with Crippen molar-refractivity contribution in [3.63, 3.8) is 0 Å². The lowest BCUT2D eigenvalue weighted by Crippen LogP contribution is -2.36. The predicted molar refractivity (Wildman–Crippen MR) is 66.4 cm³/mol. The van der Waals surface area contributed by atoms with Crippen molar-refractivity contribution in [2.45, 2.75) is 13.8 Å². The maximum absolute atomic E-state index is 11.8. The molecule has 1 aromatic carbocycles. The van der Waals surface area contributed by atoms with Crippen molar-refractivity contribution in [3.05, 3.63) is 34.3 Å². The summed E-state index contributed by atoms with van der Waals surface area (Å²) >= 11 is 3.28. The van der Waals surface area contributed by atoms with E-state index in [2.05, 4.69) is 15.9 Å². The van der Waals surface area contributed by atoms with Crippen LogP contribution in [0, 0.1) is 0 Å². The molecule has 1 rings (SSSR count). The SMILES string of the molecule is CCN(CC)C(=O)C(=O)c1ccc(Br)cc1. The number of hydrogen-bond donors (Lipinski definition) is 0. The van der Waals surface area contributed by atoms with Crippen molar-refractivity contribution in [1.82, 2.24) is 4.90 Å². The molecule has 0 N–H and O–H groups in total. The summed E-state index contributed by atoms with van der Waals surface area (Å²) < 4.78 is 0.888. The van der Waals surface area contributed by atoms with Gasteiger partial charge < -0.3 is 4.90 Å². The van der Waals surface area contributed by atoms with Gasteiger partial charge in [0.05, 0.1) is 0 Å². The molecule has 0 heterocycles. The lowest BCUT2D eigenvalue weighted by atomic mass is 10.1. The highest BCUT2D eigenvalue weighted by atomic mass is 79.9. The van der Waals surface area contributed by atoms with Crippen molar-refractivity contribution in [3.8, 4) is 0 Å². The number of likely N-dealkylation sites (N-methyl/N-ethyl adjacent to an activating group) is 1. The Morgan fingerprint density at radius 3 is 2.06 bits per heavy atom. The molecule has 0 bridgehead atoms. The second-order valence-corrected chi connectivity index (χ2v) is 4.23. The summed E-state index contributed by atoms with van der Waals surface area (Å²) in [6.45, 7) is 4.82. The Kier molecular flexibility index (Phi) is 4.68. The minimum absolute atomic E-state index is 0.431. The second kappa shape index (κ2) is 5.80. The van der Waals surface area contributed by atoms with Gasteiger partial charge in [-0.05, 0) is 38.1 Å². The maximum Gasteiger partial charge on any atom is 0.294 e. The van der Waals surface area contributed by atoms with E-state index in [0.29, 0.717) is 18.7 Å². The molecule has 0 saturated heterocycles. The first-order valence-corrected chi connectivity index (χ1v) is 5.98. The second-order valence-electron chi connectivity index (χ2n) is 3.31. The highest BCUT2D eigenvalue weighted by molar-refractivity contribution is 9.10. The number of hydrogen-bond acceptors (Lipinski definition) is 2. The largest absolute Gasteiger partial charge is 0.336 e. The third-order valence-electron chi connectivity index (χ3n) is 2.35. The molecule has 3 nitrogen and oxygen atoms in total. The number of carbonyl (C=O) groups is 2. The van der Waals surface area contributed by atoms with Crippen LogP contribution >= 0.6 is 15.9 Å². The lowest BCUT2D eigenvalue weighted by Gasteiger charge is -2.17. The topological polar surface area (TPSA) is 37.4 Å². The van der Waals surface area contributed by atoms with Gasteiger partial charge in [0.2, 0.25) is 5.78 Å². The summed E-state index contributed by atoms with van der Waals surface area (Å²) in [5.41, 5.74) is 0.431. The van der Waals surface area contributed by atoms with Gasteiger partial charge in [0.25, 0.3) is 5.91 Å². The standard InChI is InChI=1S/C12H14BrNO2/c1-3-14(4-2)12(16)11(15)9-5-7-10(13)8-6-9/h5-8H,3-4H2,1-2H3. The Morgan fingerprint density at radius 2 is 1.62 bits per heavy atom. The zero-order valence-electron chi connectivity index (χ0n) is 9.37. The smallest absolute Gasteiger partial charge is 0.294 e. The van der Waals surface area contributed by atoms with Crippen LogP contribution in [0.3, 0.4) is 0 Å². The van der Waals surface area contributed by atoms with Gasteiger partial charge in [0.1, 0.15) is 0 Å². The van der Waals surface area contributed by atoms with Crippen LogP contribution in [-0.2, 0) is 4.79 Å². The van der Waals surface area contributed by atoms with E-state index < -0.39 is 11.7 Å². The van der Waals surface area contributed by atoms with Gasteiger partial charge >= 0.3 is 0 Å². The first-order chi connectivity index (χ1) is 7.60. The number of nitrogens with zero attached hydrogens (tertiary/aromatic N) is 1. The fraction of sp³-hybridized carbons (Fsp3) is 0.333. The lowest BCUT2D eigenvalue weighted by molar-refractivity contribution is -0.126. The van der Waals surface area contributed by atoms with Gasteiger partial charge in [-0.1, -0.05) is 15.9 Å². The predicted octanol–water partition coefficient (Wildman–Crippen LogP) is 2.50. The average molecular weight is 284 g/mol. The molecule has 0 radical (unpaired) electrons. The minimum Gasteiger partial charge on any atom is -0.336 e. The number of benzene rings is 1. The molecule has 0 aliphatic carbocycles. The number of carbonyl (C=O) groups excluding carboxylic acids is 2. The molecule has 0 unspecified atom stereocenters. The van der Waals surface area contributed by atoms with Crippen LogP contribution in [0.15, 0.2) is 28.7 Å². The number of amides is 1. The molecule has 1 amide bonds. The monoisotopic (exact) mass is 283 g/mol. The fourth-order valence-corrected chi connectivity index (χ4v) is 1.64. The summed E-state index contributed by atoms with van der Waals surface area (Å²) in [6, 6.07) is 6.80. The molecule has 0 aliphatic heterocycles. The molecular weight excluding hydrogens is 270 g/mol. The molecule has 0 fully saturated rings. The van der Waals surface area contributed by atoms with E-state index in [9.17, 15) is 9.59 Å². The van der Waals surface area contributed by atoms with Crippen molar-refractivity contribution >= 4 is 27.6 Å². The van der Waals surface area contributed by atoms with Crippen LogP contribution in [0.5, 0.6) is 0 Å². The summed E-state index contributed by atoms with van der Waals surface area (Å²) in [5, 5.41) is 0. The van der Waals surface area contributed by atoms with Crippen molar-refractivity contribution in [2.75, 3.05) is 13.1 Å². The average Bonchev–Trinajstić information content (AvgIpc) is 2.30. The number of halogens is 1. The van der Waals surface area contributed by atoms with E-state index >= 15 is 0 Å². The highest BCUT2D eigenvalue weighted by Crippen LogP contribution is 2.11. The Labute approximate surface area is 104 Å². The van der Waals surface area contributed by atoms with Gasteiger partial charge in [0.15, 0.2) is 0 Å². The normalized spacial score (nSPS) is 9.94. The van der Waals surface area contributed by atoms with Gasteiger partial charge in [-0.3, -0.25) is 9.59 Å². The van der Waals surface area contributed by atoms with Crippen molar-refractivity contribution in [2.24, 2.45) is 0 Å². The summed E-state index contributed by atoms with van der Waals surface area (Å²) in [7, 11) is 0. The molecular formula is C12H14BrNO2. The zero-order valence-corrected chi connectivity index (χ0v) is 11.0. The van der Waals surface area contributed by atoms with Crippen LogP contribution in [-0.4, -0.2) is 29.7 Å². The molecule has 0 spiro atoms. The summed E-state index contributed by atoms with van der Waals surface area (Å²) in [6.07, 6.45) is 0. The van der Waals surface area contributed by atoms with Gasteiger partial charge in [0, 0.05) is 23.1 Å². The van der Waals surface area contributed by atoms with E-state index in [1.807, 2.05) is 13.8 Å². The summed E-state index contributed by atoms with van der Waals surface area (Å²) in [5.74, 6) is -0.886. The van der Waals surface area contributed by atoms with Crippen LogP contribution in [0.25, 0.3) is 0 Å². The van der Waals surface area contributed by atoms with Gasteiger partial charge in [-0.25, -0.2) is 0 Å². The zero-order chi connectivity index (χ0) is 12.1. The molecule has 0 aromatic heterocycles. The van der Waals surface area contributed by atoms with E-state index in [-0.39, 0.29) is 0 Å². The van der Waals surface area contributed by atoms with E-state index in [4.69, 9.17) is 0 Å². The third kappa shape index (κ3) is 2.92. The quantitative estimate of drug-likeness (QED) is 0.629. The Balaban J connectivity index is 2.85. The van der Waals surface area contributed by atoms with Gasteiger partial charge in [-0.15, -0.1) is 0 Å². The van der Waals surface area contributed by atoms with Crippen molar-refractivity contribution in [1.29, 1.82) is 0 Å². The molecule has 1 aromatic rings.